The van der Waals surface area contributed by atoms with E-state index in [0.717, 1.165) is 43.0 Å². The third kappa shape index (κ3) is 5.35. The van der Waals surface area contributed by atoms with E-state index >= 15 is 0 Å². The molecule has 1 aromatic heterocycles. The molecule has 28 heavy (non-hydrogen) atoms. The van der Waals surface area contributed by atoms with Gasteiger partial charge in [0.1, 0.15) is 17.4 Å². The first-order valence-electron chi connectivity index (χ1n) is 8.85. The SMILES string of the molecule is CCCCc1nc(-c2ccc(OCC(=O)Nc3cc(F)cc(F)c3)cc2)no1. The zero-order valence-electron chi connectivity index (χ0n) is 15.2. The minimum absolute atomic E-state index is 0.0254. The van der Waals surface area contributed by atoms with Gasteiger partial charge in [-0.15, -0.1) is 0 Å². The van der Waals surface area contributed by atoms with Gasteiger partial charge in [-0.3, -0.25) is 4.79 Å². The number of benzene rings is 2. The van der Waals surface area contributed by atoms with Gasteiger partial charge in [-0.2, -0.15) is 4.98 Å². The highest BCUT2D eigenvalue weighted by atomic mass is 19.1. The lowest BCUT2D eigenvalue weighted by atomic mass is 10.2. The van der Waals surface area contributed by atoms with Crippen molar-refractivity contribution in [3.05, 3.63) is 60.0 Å². The number of nitrogens with zero attached hydrogens (tertiary/aromatic N) is 2. The van der Waals surface area contributed by atoms with Crippen LogP contribution in [0.4, 0.5) is 14.5 Å². The Morgan fingerprint density at radius 3 is 2.54 bits per heavy atom. The number of carbonyl (C=O) groups excluding carboxylic acids is 1. The van der Waals surface area contributed by atoms with E-state index in [1.54, 1.807) is 24.3 Å². The lowest BCUT2D eigenvalue weighted by molar-refractivity contribution is -0.118. The Morgan fingerprint density at radius 2 is 1.86 bits per heavy atom. The first kappa shape index (κ1) is 19.5. The fraction of sp³-hybridized carbons (Fsp3) is 0.250. The molecule has 146 valence electrons. The van der Waals surface area contributed by atoms with Gasteiger partial charge in [0, 0.05) is 23.7 Å². The Hall–Kier alpha value is -3.29. The number of unbranched alkanes of at least 4 members (excludes halogenated alkanes) is 1. The number of aromatic nitrogens is 2. The van der Waals surface area contributed by atoms with Gasteiger partial charge in [-0.05, 0) is 42.8 Å². The van der Waals surface area contributed by atoms with Gasteiger partial charge < -0.3 is 14.6 Å². The highest BCUT2D eigenvalue weighted by molar-refractivity contribution is 5.91. The molecule has 0 bridgehead atoms. The molecule has 0 saturated carbocycles. The lowest BCUT2D eigenvalue weighted by Gasteiger charge is -2.08. The summed E-state index contributed by atoms with van der Waals surface area (Å²) in [5, 5.41) is 6.33. The monoisotopic (exact) mass is 387 g/mol. The highest BCUT2D eigenvalue weighted by Crippen LogP contribution is 2.20. The Labute approximate surface area is 160 Å². The molecule has 0 unspecified atom stereocenters. The van der Waals surface area contributed by atoms with Gasteiger partial charge in [0.2, 0.25) is 11.7 Å². The van der Waals surface area contributed by atoms with Gasteiger partial charge in [0.05, 0.1) is 0 Å². The number of halogens is 2. The van der Waals surface area contributed by atoms with Gasteiger partial charge in [0.25, 0.3) is 5.91 Å². The summed E-state index contributed by atoms with van der Waals surface area (Å²) in [5.74, 6) is -0.532. The largest absolute Gasteiger partial charge is 0.484 e. The second kappa shape index (κ2) is 9.07. The summed E-state index contributed by atoms with van der Waals surface area (Å²) in [6.45, 7) is 1.79. The van der Waals surface area contributed by atoms with Crippen molar-refractivity contribution in [2.75, 3.05) is 11.9 Å². The van der Waals surface area contributed by atoms with Crippen LogP contribution >= 0.6 is 0 Å². The highest BCUT2D eigenvalue weighted by Gasteiger charge is 2.10. The first-order chi connectivity index (χ1) is 13.5. The Balaban J connectivity index is 1.54. The first-order valence-corrected chi connectivity index (χ1v) is 8.85. The summed E-state index contributed by atoms with van der Waals surface area (Å²) in [6, 6.07) is 9.63. The van der Waals surface area contributed by atoms with E-state index in [1.165, 1.54) is 0 Å². The molecule has 8 heteroatoms. The second-order valence-corrected chi connectivity index (χ2v) is 6.13. The fourth-order valence-electron chi connectivity index (χ4n) is 2.47. The maximum atomic E-state index is 13.1. The van der Waals surface area contributed by atoms with Crippen molar-refractivity contribution >= 4 is 11.6 Å². The summed E-state index contributed by atoms with van der Waals surface area (Å²) < 4.78 is 36.9. The van der Waals surface area contributed by atoms with Gasteiger partial charge in [-0.25, -0.2) is 8.78 Å². The van der Waals surface area contributed by atoms with Crippen LogP contribution in [0.5, 0.6) is 5.75 Å². The van der Waals surface area contributed by atoms with Crippen LogP contribution in [0.1, 0.15) is 25.7 Å². The van der Waals surface area contributed by atoms with Crippen molar-refractivity contribution in [2.24, 2.45) is 0 Å². The maximum absolute atomic E-state index is 13.1. The van der Waals surface area contributed by atoms with E-state index in [9.17, 15) is 13.6 Å². The molecule has 6 nitrogen and oxygen atoms in total. The minimum Gasteiger partial charge on any atom is -0.484 e. The summed E-state index contributed by atoms with van der Waals surface area (Å²) in [4.78, 5) is 16.2. The number of hydrogen-bond donors (Lipinski definition) is 1. The van der Waals surface area contributed by atoms with Crippen LogP contribution in [0.25, 0.3) is 11.4 Å². The number of rotatable bonds is 8. The number of aryl methyl sites for hydroxylation is 1. The number of anilines is 1. The lowest BCUT2D eigenvalue weighted by Crippen LogP contribution is -2.20. The van der Waals surface area contributed by atoms with Crippen LogP contribution in [0.2, 0.25) is 0 Å². The van der Waals surface area contributed by atoms with Gasteiger partial charge in [-0.1, -0.05) is 18.5 Å². The molecule has 0 atom stereocenters. The fourth-order valence-corrected chi connectivity index (χ4v) is 2.47. The molecule has 0 aliphatic carbocycles. The normalized spacial score (nSPS) is 10.7. The zero-order valence-corrected chi connectivity index (χ0v) is 15.2. The number of hydrogen-bond acceptors (Lipinski definition) is 5. The van der Waals surface area contributed by atoms with Crippen LogP contribution in [-0.2, 0) is 11.2 Å². The Morgan fingerprint density at radius 1 is 1.14 bits per heavy atom. The maximum Gasteiger partial charge on any atom is 0.262 e. The summed E-state index contributed by atoms with van der Waals surface area (Å²) in [6.07, 6.45) is 2.78. The summed E-state index contributed by atoms with van der Waals surface area (Å²) in [7, 11) is 0. The molecule has 3 rings (SSSR count). The van der Waals surface area contributed by atoms with Crippen molar-refractivity contribution in [2.45, 2.75) is 26.2 Å². The van der Waals surface area contributed by atoms with Crippen LogP contribution in [0, 0.1) is 11.6 Å². The van der Waals surface area contributed by atoms with Crippen LogP contribution in [-0.4, -0.2) is 22.7 Å². The standard InChI is InChI=1S/C20H19F2N3O3/c1-2-3-4-19-24-20(25-28-19)13-5-7-17(8-6-13)27-12-18(26)23-16-10-14(21)9-15(22)11-16/h5-11H,2-4,12H2,1H3,(H,23,26). The molecule has 1 amide bonds. The van der Waals surface area contributed by atoms with E-state index in [1.807, 2.05) is 0 Å². The molecule has 0 aliphatic heterocycles. The molecule has 3 aromatic rings. The predicted octanol–water partition coefficient (Wildman–Crippen LogP) is 4.37. The van der Waals surface area contributed by atoms with Crippen LogP contribution < -0.4 is 10.1 Å². The minimum atomic E-state index is -0.772. The predicted molar refractivity (Wildman–Crippen MR) is 98.8 cm³/mol. The average molecular weight is 387 g/mol. The third-order valence-corrected chi connectivity index (χ3v) is 3.84. The van der Waals surface area contributed by atoms with Crippen molar-refractivity contribution in [3.63, 3.8) is 0 Å². The molecular weight excluding hydrogens is 368 g/mol. The van der Waals surface area contributed by atoms with Crippen molar-refractivity contribution in [1.29, 1.82) is 0 Å². The van der Waals surface area contributed by atoms with E-state index in [-0.39, 0.29) is 12.3 Å². The summed E-state index contributed by atoms with van der Waals surface area (Å²) >= 11 is 0. The Kier molecular flexibility index (Phi) is 6.31. The molecule has 0 spiro atoms. The van der Waals surface area contributed by atoms with E-state index in [2.05, 4.69) is 22.4 Å². The quantitative estimate of drug-likeness (QED) is 0.621. The van der Waals surface area contributed by atoms with Crippen molar-refractivity contribution < 1.29 is 22.8 Å². The van der Waals surface area contributed by atoms with Crippen molar-refractivity contribution in [1.82, 2.24) is 10.1 Å². The topological polar surface area (TPSA) is 77.2 Å². The molecule has 0 saturated heterocycles. The molecular formula is C20H19F2N3O3. The molecule has 0 aliphatic rings. The molecule has 0 radical (unpaired) electrons. The number of nitrogens with one attached hydrogen (secondary N) is 1. The van der Waals surface area contributed by atoms with Gasteiger partial charge >= 0.3 is 0 Å². The third-order valence-electron chi connectivity index (χ3n) is 3.84. The zero-order chi connectivity index (χ0) is 19.9. The van der Waals surface area contributed by atoms with Crippen molar-refractivity contribution in [3.8, 4) is 17.1 Å². The number of carbonyl (C=O) groups is 1. The average Bonchev–Trinajstić information content (AvgIpc) is 3.13. The molecule has 1 N–H and O–H groups in total. The van der Waals surface area contributed by atoms with E-state index in [0.29, 0.717) is 17.5 Å². The smallest absolute Gasteiger partial charge is 0.262 e. The van der Waals surface area contributed by atoms with Gasteiger partial charge in [0.15, 0.2) is 6.61 Å². The van der Waals surface area contributed by atoms with E-state index in [4.69, 9.17) is 9.26 Å². The summed E-state index contributed by atoms with van der Waals surface area (Å²) in [5.41, 5.74) is 0.788. The van der Waals surface area contributed by atoms with Crippen LogP contribution in [0.15, 0.2) is 47.0 Å². The number of ether oxygens (including phenoxy) is 1. The van der Waals surface area contributed by atoms with E-state index < -0.39 is 17.5 Å². The molecule has 1 heterocycles. The number of amides is 1. The molecule has 0 fully saturated rings. The van der Waals surface area contributed by atoms with Crippen LogP contribution in [0.3, 0.4) is 0 Å². The second-order valence-electron chi connectivity index (χ2n) is 6.13. The molecule has 2 aromatic carbocycles. The Bertz CT molecular complexity index is 922.